The summed E-state index contributed by atoms with van der Waals surface area (Å²) in [7, 11) is -1.12. The Morgan fingerprint density at radius 1 is 0.794 bits per heavy atom. The molecule has 0 spiro atoms. The van der Waals surface area contributed by atoms with Gasteiger partial charge < -0.3 is 14.0 Å². The maximum atomic E-state index is 6.41. The van der Waals surface area contributed by atoms with Crippen LogP contribution in [0.5, 0.6) is 11.5 Å². The van der Waals surface area contributed by atoms with Gasteiger partial charge in [0.05, 0.1) is 5.69 Å². The summed E-state index contributed by atoms with van der Waals surface area (Å²) in [5.74, 6) is 1.01. The van der Waals surface area contributed by atoms with Crippen molar-refractivity contribution in [3.63, 3.8) is 0 Å². The van der Waals surface area contributed by atoms with Gasteiger partial charge in [-0.3, -0.25) is 4.98 Å². The van der Waals surface area contributed by atoms with Crippen LogP contribution in [0, 0.1) is 13.8 Å². The molecule has 4 nitrogen and oxygen atoms in total. The van der Waals surface area contributed by atoms with Crippen LogP contribution < -0.4 is 9.31 Å². The molecule has 1 unspecified atom stereocenters. The Labute approximate surface area is 218 Å². The van der Waals surface area contributed by atoms with Crippen molar-refractivity contribution in [1.82, 2.24) is 4.98 Å². The van der Waals surface area contributed by atoms with Gasteiger partial charge in [-0.15, -0.1) is 0 Å². The number of hydrogen-bond acceptors (Lipinski definition) is 4. The minimum absolute atomic E-state index is 0.507. The van der Waals surface area contributed by atoms with Crippen molar-refractivity contribution in [3.8, 4) is 11.5 Å². The number of pyridine rings is 1. The lowest BCUT2D eigenvalue weighted by Crippen LogP contribution is -2.35. The zero-order valence-corrected chi connectivity index (χ0v) is 21.6. The Kier molecular flexibility index (Phi) is 8.17. The summed E-state index contributed by atoms with van der Waals surface area (Å²) in [6.07, 6.45) is 1.15. The van der Waals surface area contributed by atoms with E-state index in [1.165, 1.54) is 0 Å². The van der Waals surface area contributed by atoms with Crippen LogP contribution in [0.25, 0.3) is 0 Å². The van der Waals surface area contributed by atoms with Gasteiger partial charge in [0.2, 0.25) is 0 Å². The van der Waals surface area contributed by atoms with Crippen LogP contribution in [-0.2, 0) is 4.65 Å². The van der Waals surface area contributed by atoms with Gasteiger partial charge in [0.25, 0.3) is 0 Å². The van der Waals surface area contributed by atoms with Crippen LogP contribution in [0.2, 0.25) is 10.0 Å². The van der Waals surface area contributed by atoms with Crippen LogP contribution in [0.3, 0.4) is 0 Å². The van der Waals surface area contributed by atoms with Crippen LogP contribution in [0.4, 0.5) is 0 Å². The molecule has 172 valence electrons. The van der Waals surface area contributed by atoms with Crippen molar-refractivity contribution in [3.05, 3.63) is 122 Å². The highest BCUT2D eigenvalue weighted by Gasteiger charge is 2.34. The summed E-state index contributed by atoms with van der Waals surface area (Å²) in [6, 6.07) is 24.4. The standard InChI is InChI=1S/C26H21BBrCl2NO3/c1-17-8-10-21(15-23(17)29)32-27(33-22-11-9-18(2)24(30)16-22)34-26(19-6-4-3-5-7-19)25-14-20(28)12-13-31-25/h3-16,26H,1-2H3. The summed E-state index contributed by atoms with van der Waals surface area (Å²) in [5.41, 5.74) is 3.48. The van der Waals surface area contributed by atoms with Crippen molar-refractivity contribution in [2.24, 2.45) is 0 Å². The van der Waals surface area contributed by atoms with E-state index in [2.05, 4.69) is 20.9 Å². The Bertz CT molecular complexity index is 1220. The molecule has 3 aromatic carbocycles. The Balaban J connectivity index is 1.70. The fourth-order valence-electron chi connectivity index (χ4n) is 3.22. The fraction of sp³-hybridized carbons (Fsp3) is 0.115. The van der Waals surface area contributed by atoms with E-state index in [9.17, 15) is 0 Å². The molecular weight excluding hydrogens is 536 g/mol. The van der Waals surface area contributed by atoms with Crippen molar-refractivity contribution in [2.45, 2.75) is 20.0 Å². The maximum Gasteiger partial charge on any atom is 0.788 e. The molecule has 0 amide bonds. The Hall–Kier alpha value is -2.51. The molecule has 8 heteroatoms. The minimum atomic E-state index is -1.12. The predicted molar refractivity (Wildman–Crippen MR) is 141 cm³/mol. The van der Waals surface area contributed by atoms with E-state index in [1.807, 2.05) is 80.6 Å². The minimum Gasteiger partial charge on any atom is -0.501 e. The Morgan fingerprint density at radius 2 is 1.38 bits per heavy atom. The third-order valence-corrected chi connectivity index (χ3v) is 6.42. The first-order chi connectivity index (χ1) is 16.4. The summed E-state index contributed by atoms with van der Waals surface area (Å²) in [5, 5.41) is 1.17. The zero-order chi connectivity index (χ0) is 24.1. The molecule has 1 heterocycles. The van der Waals surface area contributed by atoms with Gasteiger partial charge in [0.15, 0.2) is 0 Å². The van der Waals surface area contributed by atoms with Gasteiger partial charge in [-0.05, 0) is 66.9 Å². The molecule has 0 fully saturated rings. The quantitative estimate of drug-likeness (QED) is 0.206. The SMILES string of the molecule is Cc1ccc(OB(Oc2ccc(C)c(Cl)c2)OC(c2ccccc2)c2cc(Br)ccn2)cc1Cl. The highest BCUT2D eigenvalue weighted by Crippen LogP contribution is 2.30. The number of halogens is 3. The van der Waals surface area contributed by atoms with E-state index in [0.29, 0.717) is 27.2 Å². The molecular formula is C26H21BBrCl2NO3. The average Bonchev–Trinajstić information content (AvgIpc) is 2.82. The normalized spacial score (nSPS) is 11.7. The highest BCUT2D eigenvalue weighted by atomic mass is 79.9. The average molecular weight is 557 g/mol. The van der Waals surface area contributed by atoms with E-state index < -0.39 is 13.4 Å². The molecule has 0 saturated carbocycles. The molecule has 4 rings (SSSR count). The lowest BCUT2D eigenvalue weighted by Gasteiger charge is -2.23. The molecule has 0 aliphatic heterocycles. The van der Waals surface area contributed by atoms with Crippen molar-refractivity contribution >= 4 is 46.5 Å². The third kappa shape index (κ3) is 6.33. The molecule has 0 aliphatic rings. The smallest absolute Gasteiger partial charge is 0.501 e. The molecule has 1 aromatic heterocycles. The topological polar surface area (TPSA) is 40.6 Å². The van der Waals surface area contributed by atoms with Crippen molar-refractivity contribution < 1.29 is 14.0 Å². The van der Waals surface area contributed by atoms with Crippen molar-refractivity contribution in [1.29, 1.82) is 0 Å². The lowest BCUT2D eigenvalue weighted by molar-refractivity contribution is 0.153. The predicted octanol–water partition coefficient (Wildman–Crippen LogP) is 8.02. The number of hydrogen-bond donors (Lipinski definition) is 0. The van der Waals surface area contributed by atoms with Crippen LogP contribution in [-0.4, -0.2) is 12.3 Å². The molecule has 0 bridgehead atoms. The summed E-state index contributed by atoms with van der Waals surface area (Å²) < 4.78 is 19.5. The fourth-order valence-corrected chi connectivity index (χ4v) is 3.91. The van der Waals surface area contributed by atoms with Gasteiger partial charge in [0.1, 0.15) is 17.6 Å². The van der Waals surface area contributed by atoms with Crippen molar-refractivity contribution in [2.75, 3.05) is 0 Å². The van der Waals surface area contributed by atoms with Gasteiger partial charge in [-0.2, -0.15) is 0 Å². The van der Waals surface area contributed by atoms with E-state index in [0.717, 1.165) is 21.2 Å². The number of aryl methyl sites for hydroxylation is 2. The van der Waals surface area contributed by atoms with E-state index >= 15 is 0 Å². The third-order valence-electron chi connectivity index (χ3n) is 5.11. The largest absolute Gasteiger partial charge is 0.788 e. The first-order valence-electron chi connectivity index (χ1n) is 10.6. The van der Waals surface area contributed by atoms with E-state index in [-0.39, 0.29) is 0 Å². The molecule has 0 radical (unpaired) electrons. The molecule has 0 N–H and O–H groups in total. The van der Waals surface area contributed by atoms with E-state index in [1.54, 1.807) is 18.3 Å². The van der Waals surface area contributed by atoms with Crippen LogP contribution in [0.1, 0.15) is 28.5 Å². The number of aromatic nitrogens is 1. The second-order valence-corrected chi connectivity index (χ2v) is 9.40. The second-order valence-electron chi connectivity index (χ2n) is 7.67. The molecule has 0 aliphatic carbocycles. The van der Waals surface area contributed by atoms with Gasteiger partial charge >= 0.3 is 7.32 Å². The van der Waals surface area contributed by atoms with Gasteiger partial charge in [-0.25, -0.2) is 0 Å². The number of rotatable bonds is 8. The first-order valence-corrected chi connectivity index (χ1v) is 12.1. The maximum absolute atomic E-state index is 6.41. The molecule has 1 atom stereocenters. The lowest BCUT2D eigenvalue weighted by atomic mass is 10.0. The van der Waals surface area contributed by atoms with Crippen LogP contribution >= 0.6 is 39.1 Å². The first kappa shape index (κ1) is 24.6. The summed E-state index contributed by atoms with van der Waals surface area (Å²) in [4.78, 5) is 4.53. The van der Waals surface area contributed by atoms with Gasteiger partial charge in [-0.1, -0.05) is 81.6 Å². The number of nitrogens with zero attached hydrogens (tertiary/aromatic N) is 1. The second kappa shape index (κ2) is 11.3. The summed E-state index contributed by atoms with van der Waals surface area (Å²) >= 11 is 16.2. The molecule has 4 aromatic rings. The molecule has 34 heavy (non-hydrogen) atoms. The highest BCUT2D eigenvalue weighted by molar-refractivity contribution is 9.10. The number of benzene rings is 3. The summed E-state index contributed by atoms with van der Waals surface area (Å²) in [6.45, 7) is 3.85. The zero-order valence-electron chi connectivity index (χ0n) is 18.5. The molecule has 0 saturated heterocycles. The Morgan fingerprint density at radius 3 is 1.91 bits per heavy atom. The monoisotopic (exact) mass is 555 g/mol. The van der Waals surface area contributed by atoms with Crippen LogP contribution in [0.15, 0.2) is 89.5 Å². The van der Waals surface area contributed by atoms with Gasteiger partial charge in [0, 0.05) is 20.7 Å². The van der Waals surface area contributed by atoms with E-state index in [4.69, 9.17) is 37.2 Å².